The Morgan fingerprint density at radius 1 is 0.844 bits per heavy atom. The van der Waals surface area contributed by atoms with E-state index in [9.17, 15) is 38.4 Å². The molecule has 1 aliphatic rings. The van der Waals surface area contributed by atoms with Crippen molar-refractivity contribution in [1.82, 2.24) is 30.2 Å². The molecule has 0 bridgehead atoms. The molecule has 0 saturated carbocycles. The third-order valence-corrected chi connectivity index (χ3v) is 10.6. The topological polar surface area (TPSA) is 212 Å². The number of carbonyl (C=O) groups is 8. The minimum absolute atomic E-state index is 0.000790. The van der Waals surface area contributed by atoms with E-state index >= 15 is 0 Å². The highest BCUT2D eigenvalue weighted by molar-refractivity contribution is 5.90. The zero-order valence-electron chi connectivity index (χ0n) is 42.5. The SMILES string of the molecule is CCC.CCC(C)C(C(CC)OC)N(C)C(=O)CNC(=O)C(C(C)C)N(C)C.CN(CCCCCC=O)C(=O)/C=C\C=O.CO.COC(C(C)C(=O)N[C@@H](C)C=O)C1CCCN1C=O. The van der Waals surface area contributed by atoms with E-state index in [-0.39, 0.29) is 66.4 Å². The summed E-state index contributed by atoms with van der Waals surface area (Å²) in [6, 6.07) is -0.835. The fourth-order valence-electron chi connectivity index (χ4n) is 7.12. The normalized spacial score (nSPS) is 16.2. The molecule has 0 aromatic carbocycles. The van der Waals surface area contributed by atoms with E-state index in [1.165, 1.54) is 18.6 Å². The van der Waals surface area contributed by atoms with Crippen LogP contribution < -0.4 is 10.6 Å². The molecule has 0 radical (unpaired) electrons. The lowest BCUT2D eigenvalue weighted by Gasteiger charge is -2.37. The van der Waals surface area contributed by atoms with Crippen LogP contribution in [0.4, 0.5) is 0 Å². The van der Waals surface area contributed by atoms with Gasteiger partial charge in [-0.15, -0.1) is 0 Å². The van der Waals surface area contributed by atoms with Crippen LogP contribution in [0.2, 0.25) is 0 Å². The summed E-state index contributed by atoms with van der Waals surface area (Å²) in [5.74, 6) is -0.524. The predicted molar refractivity (Wildman–Crippen MR) is 253 cm³/mol. The molecule has 17 heteroatoms. The van der Waals surface area contributed by atoms with E-state index in [2.05, 4.69) is 45.3 Å². The van der Waals surface area contributed by atoms with Gasteiger partial charge < -0.3 is 49.5 Å². The quantitative estimate of drug-likeness (QED) is 0.0640. The molecule has 5 amide bonds. The molecule has 0 spiro atoms. The average molecular weight is 915 g/mol. The van der Waals surface area contributed by atoms with E-state index < -0.39 is 12.0 Å². The third-order valence-electron chi connectivity index (χ3n) is 10.6. The number of methoxy groups -OCH3 is 2. The van der Waals surface area contributed by atoms with Crippen molar-refractivity contribution in [2.75, 3.05) is 69.2 Å². The van der Waals surface area contributed by atoms with Crippen molar-refractivity contribution in [3.63, 3.8) is 0 Å². The van der Waals surface area contributed by atoms with Gasteiger partial charge in [-0.3, -0.25) is 33.7 Å². The highest BCUT2D eigenvalue weighted by atomic mass is 16.5. The van der Waals surface area contributed by atoms with E-state index in [4.69, 9.17) is 14.6 Å². The smallest absolute Gasteiger partial charge is 0.246 e. The second-order valence-electron chi connectivity index (χ2n) is 16.4. The standard InChI is InChI=1S/C19H39N3O3.C13H22N2O4.C11H17NO3.C3H8.CH4O/c1-10-14(5)18(15(11-2)25-9)22(8)16(23)12-20-19(24)17(13(3)4)21(6)7;1-9(7-16)14-13(18)10(2)12(19-3)11-5-4-6-15(11)8-17;1-12(11(15)7-6-10-14)8-4-2-3-5-9-13;1-3-2;1-2/h13-15,17-18H,10-12H2,1-9H3,(H,20,24);7-12H,4-6H2,1-3H3,(H,14,18);6-7,9-10H,2-5,8H2,1H3;3H2,1-2H3;2H,1H3/b;;7-6-;;/t;9-,10?,11?,12?;;;/m.0.../s1. The number of nitrogens with one attached hydrogen (secondary N) is 2. The number of hydrogen-bond donors (Lipinski definition) is 3. The molecule has 1 heterocycles. The number of likely N-dealkylation sites (tertiary alicyclic amines) is 1. The molecule has 1 saturated heterocycles. The molecule has 8 atom stereocenters. The Balaban J connectivity index is -0.000000412. The van der Waals surface area contributed by atoms with Crippen molar-refractivity contribution >= 4 is 48.9 Å². The lowest BCUT2D eigenvalue weighted by atomic mass is 9.91. The number of likely N-dealkylation sites (N-methyl/N-ethyl adjacent to an activating group) is 3. The van der Waals surface area contributed by atoms with Gasteiger partial charge in [-0.05, 0) is 71.0 Å². The van der Waals surface area contributed by atoms with Crippen LogP contribution in [0.15, 0.2) is 12.2 Å². The number of aliphatic hydroxyl groups excluding tert-OH is 1. The third kappa shape index (κ3) is 28.0. The molecule has 374 valence electrons. The number of unbranched alkanes of at least 4 members (excludes halogenated alkanes) is 3. The van der Waals surface area contributed by atoms with Gasteiger partial charge in [-0.25, -0.2) is 0 Å². The zero-order valence-corrected chi connectivity index (χ0v) is 42.5. The number of aldehydes is 3. The average Bonchev–Trinajstić information content (AvgIpc) is 3.75. The fourth-order valence-corrected chi connectivity index (χ4v) is 7.12. The van der Waals surface area contributed by atoms with Crippen molar-refractivity contribution in [2.45, 2.75) is 156 Å². The van der Waals surface area contributed by atoms with Crippen molar-refractivity contribution in [1.29, 1.82) is 0 Å². The highest BCUT2D eigenvalue weighted by Crippen LogP contribution is 2.25. The molecule has 0 aromatic heterocycles. The summed E-state index contributed by atoms with van der Waals surface area (Å²) in [6.45, 7) is 19.3. The van der Waals surface area contributed by atoms with Crippen molar-refractivity contribution in [3.05, 3.63) is 12.2 Å². The molecular weight excluding hydrogens is 825 g/mol. The molecule has 1 rings (SSSR count). The van der Waals surface area contributed by atoms with Gasteiger partial charge in [0.1, 0.15) is 18.9 Å². The molecule has 1 fully saturated rings. The summed E-state index contributed by atoms with van der Waals surface area (Å²) in [4.78, 5) is 96.7. The van der Waals surface area contributed by atoms with Gasteiger partial charge in [-0.1, -0.05) is 74.7 Å². The van der Waals surface area contributed by atoms with Gasteiger partial charge in [0.05, 0.1) is 48.8 Å². The highest BCUT2D eigenvalue weighted by Gasteiger charge is 2.37. The Kier molecular flexibility index (Phi) is 43.3. The van der Waals surface area contributed by atoms with E-state index in [1.54, 1.807) is 56.9 Å². The van der Waals surface area contributed by atoms with Gasteiger partial charge in [0.15, 0.2) is 0 Å². The number of ether oxygens (including phenoxy) is 2. The maximum atomic E-state index is 12.6. The molecule has 0 aromatic rings. The molecule has 3 N–H and O–H groups in total. The molecule has 1 aliphatic heterocycles. The maximum Gasteiger partial charge on any atom is 0.246 e. The first kappa shape index (κ1) is 66.5. The van der Waals surface area contributed by atoms with Crippen LogP contribution in [0.1, 0.15) is 120 Å². The van der Waals surface area contributed by atoms with Gasteiger partial charge in [0.2, 0.25) is 30.0 Å². The number of aliphatic hydroxyl groups is 1. The van der Waals surface area contributed by atoms with Crippen LogP contribution in [0.25, 0.3) is 0 Å². The summed E-state index contributed by atoms with van der Waals surface area (Å²) in [7, 11) is 11.5. The first-order chi connectivity index (χ1) is 30.3. The summed E-state index contributed by atoms with van der Waals surface area (Å²) >= 11 is 0. The van der Waals surface area contributed by atoms with Crippen molar-refractivity contribution in [3.8, 4) is 0 Å². The monoisotopic (exact) mass is 915 g/mol. The Morgan fingerprint density at radius 2 is 1.44 bits per heavy atom. The number of nitrogens with zero attached hydrogens (tertiary/aromatic N) is 4. The second kappa shape index (κ2) is 41.6. The molecule has 0 aliphatic carbocycles. The van der Waals surface area contributed by atoms with Crippen LogP contribution >= 0.6 is 0 Å². The fraction of sp³-hybridized carbons (Fsp3) is 0.787. The molecule has 17 nitrogen and oxygen atoms in total. The van der Waals surface area contributed by atoms with Gasteiger partial charge in [0, 0.05) is 61.0 Å². The van der Waals surface area contributed by atoms with Crippen LogP contribution in [0.3, 0.4) is 0 Å². The summed E-state index contributed by atoms with van der Waals surface area (Å²) in [6.07, 6.45) is 13.1. The summed E-state index contributed by atoms with van der Waals surface area (Å²) in [5.41, 5.74) is 0. The van der Waals surface area contributed by atoms with Crippen LogP contribution in [0, 0.1) is 17.8 Å². The number of allylic oxidation sites excluding steroid dienone is 1. The predicted octanol–water partition coefficient (Wildman–Crippen LogP) is 3.93. The Hall–Kier alpha value is -4.06. The Morgan fingerprint density at radius 3 is 1.88 bits per heavy atom. The first-order valence-electron chi connectivity index (χ1n) is 22.8. The van der Waals surface area contributed by atoms with E-state index in [0.29, 0.717) is 38.0 Å². The van der Waals surface area contributed by atoms with Gasteiger partial charge in [-0.2, -0.15) is 0 Å². The van der Waals surface area contributed by atoms with Crippen molar-refractivity contribution in [2.24, 2.45) is 17.8 Å². The minimum atomic E-state index is -0.516. The zero-order chi connectivity index (χ0) is 50.4. The second-order valence-corrected chi connectivity index (χ2v) is 16.4. The lowest BCUT2D eigenvalue weighted by molar-refractivity contribution is -0.138. The Bertz CT molecular complexity index is 1290. The van der Waals surface area contributed by atoms with Crippen LogP contribution in [-0.4, -0.2) is 179 Å². The molecular formula is C47H90N6O11. The van der Waals surface area contributed by atoms with Crippen molar-refractivity contribution < 1.29 is 52.9 Å². The Labute approximate surface area is 386 Å². The van der Waals surface area contributed by atoms with E-state index in [0.717, 1.165) is 64.8 Å². The van der Waals surface area contributed by atoms with E-state index in [1.807, 2.05) is 32.8 Å². The van der Waals surface area contributed by atoms with Crippen LogP contribution in [0.5, 0.6) is 0 Å². The van der Waals surface area contributed by atoms with Crippen LogP contribution in [-0.2, 0) is 47.8 Å². The van der Waals surface area contributed by atoms with Gasteiger partial charge >= 0.3 is 0 Å². The first-order valence-corrected chi connectivity index (χ1v) is 22.8. The maximum absolute atomic E-state index is 12.6. The number of rotatable bonds is 26. The molecule has 64 heavy (non-hydrogen) atoms. The van der Waals surface area contributed by atoms with Gasteiger partial charge in [0.25, 0.3) is 0 Å². The molecule has 7 unspecified atom stereocenters. The minimum Gasteiger partial charge on any atom is -0.400 e. The number of hydrogen-bond acceptors (Lipinski definition) is 12. The number of carbonyl (C=O) groups excluding carboxylic acids is 8. The largest absolute Gasteiger partial charge is 0.400 e. The number of amides is 5. The summed E-state index contributed by atoms with van der Waals surface area (Å²) < 4.78 is 11.0. The summed E-state index contributed by atoms with van der Waals surface area (Å²) in [5, 5.41) is 12.4. The lowest BCUT2D eigenvalue weighted by Crippen LogP contribution is -2.53.